The Bertz CT molecular complexity index is 1200. The molecule has 12 heteroatoms. The molecule has 3 rings (SSSR count). The smallest absolute Gasteiger partial charge is 0.270 e. The molecule has 2 amide bonds. The van der Waals surface area contributed by atoms with Gasteiger partial charge >= 0.3 is 0 Å². The van der Waals surface area contributed by atoms with Crippen LogP contribution in [0, 0.1) is 16.0 Å². The third-order valence-electron chi connectivity index (χ3n) is 5.11. The summed E-state index contributed by atoms with van der Waals surface area (Å²) < 4.78 is 27.1. The Hall–Kier alpha value is -2.60. The third-order valence-corrected chi connectivity index (χ3v) is 7.52. The number of carbonyl (C=O) groups excluding carboxylic acids is 2. The second-order valence-corrected chi connectivity index (χ2v) is 10.7. The van der Waals surface area contributed by atoms with E-state index in [2.05, 4.69) is 4.99 Å². The summed E-state index contributed by atoms with van der Waals surface area (Å²) in [4.78, 5) is 40.9. The van der Waals surface area contributed by atoms with Crippen LogP contribution in [0.2, 0.25) is 0 Å². The molecule has 31 heavy (non-hydrogen) atoms. The lowest BCUT2D eigenvalue weighted by molar-refractivity contribution is -0.384. The summed E-state index contributed by atoms with van der Waals surface area (Å²) in [6.07, 6.45) is 1.84. The first-order chi connectivity index (χ1) is 14.6. The zero-order valence-electron chi connectivity index (χ0n) is 17.3. The average Bonchev–Trinajstić information content (AvgIpc) is 3.02. The summed E-state index contributed by atoms with van der Waals surface area (Å²) >= 11 is 1.07. The first-order valence-electron chi connectivity index (χ1n) is 9.93. The molecule has 2 aromatic rings. The van der Waals surface area contributed by atoms with E-state index in [1.165, 1.54) is 17.0 Å². The van der Waals surface area contributed by atoms with Crippen molar-refractivity contribution in [2.45, 2.75) is 33.2 Å². The maximum absolute atomic E-state index is 12.4. The van der Waals surface area contributed by atoms with Crippen molar-refractivity contribution in [1.82, 2.24) is 9.47 Å². The molecule has 2 heterocycles. The van der Waals surface area contributed by atoms with Crippen molar-refractivity contribution >= 4 is 48.9 Å². The fraction of sp³-hybridized carbons (Fsp3) is 0.526. The number of aryl methyl sites for hydroxylation is 1. The molecule has 168 valence electrons. The van der Waals surface area contributed by atoms with Crippen molar-refractivity contribution < 1.29 is 22.9 Å². The highest BCUT2D eigenvalue weighted by Gasteiger charge is 2.27. The first-order valence-corrected chi connectivity index (χ1v) is 12.6. The lowest BCUT2D eigenvalue weighted by atomic mass is 10.0. The topological polar surface area (TPSA) is 132 Å². The average molecular weight is 469 g/mol. The van der Waals surface area contributed by atoms with Crippen molar-refractivity contribution in [1.29, 1.82) is 0 Å². The number of sulfone groups is 1. The molecule has 1 aliphatic heterocycles. The number of carbonyl (C=O) groups is 2. The Morgan fingerprint density at radius 3 is 2.71 bits per heavy atom. The van der Waals surface area contributed by atoms with Gasteiger partial charge in [-0.3, -0.25) is 19.7 Å². The molecule has 1 unspecified atom stereocenters. The van der Waals surface area contributed by atoms with Crippen LogP contribution >= 0.6 is 11.3 Å². The van der Waals surface area contributed by atoms with Crippen molar-refractivity contribution in [3.63, 3.8) is 0 Å². The van der Waals surface area contributed by atoms with Gasteiger partial charge in [0, 0.05) is 31.8 Å². The van der Waals surface area contributed by atoms with E-state index in [0.29, 0.717) is 35.8 Å². The van der Waals surface area contributed by atoms with Crippen molar-refractivity contribution in [2.75, 3.05) is 24.6 Å². The molecule has 1 fully saturated rings. The molecular formula is C19H24N4O6S2. The number of nitro benzene ring substituents is 1. The predicted octanol–water partition coefficient (Wildman–Crippen LogP) is 1.73. The second kappa shape index (κ2) is 9.27. The minimum Gasteiger partial charge on any atom is -0.342 e. The largest absolute Gasteiger partial charge is 0.342 e. The number of hydrogen-bond acceptors (Lipinski definition) is 7. The Morgan fingerprint density at radius 2 is 2.06 bits per heavy atom. The van der Waals surface area contributed by atoms with Gasteiger partial charge in [0.1, 0.15) is 11.5 Å². The summed E-state index contributed by atoms with van der Waals surface area (Å²) in [6.45, 7) is 5.34. The molecule has 1 aromatic heterocycles. The van der Waals surface area contributed by atoms with Gasteiger partial charge in [0.25, 0.3) is 11.6 Å². The van der Waals surface area contributed by atoms with Gasteiger partial charge in [-0.2, -0.15) is 4.99 Å². The van der Waals surface area contributed by atoms with Gasteiger partial charge in [-0.1, -0.05) is 18.3 Å². The number of likely N-dealkylation sites (tertiary alicyclic amines) is 1. The van der Waals surface area contributed by atoms with Gasteiger partial charge < -0.3 is 9.47 Å². The van der Waals surface area contributed by atoms with Gasteiger partial charge in [0.15, 0.2) is 14.6 Å². The summed E-state index contributed by atoms with van der Waals surface area (Å²) in [6, 6.07) is 4.33. The number of hydrogen-bond donors (Lipinski definition) is 0. The standard InChI is InChI=1S/C19H24N4O6S2/c1-3-22-15-7-6-14(23(26)27)9-16(15)30-19(22)20-17(24)11-31(28,29)12-18(25)21-8-4-5-13(2)10-21/h6-7,9,13H,3-5,8,10-12H2,1-2H3. The molecule has 10 nitrogen and oxygen atoms in total. The molecule has 0 bridgehead atoms. The number of benzene rings is 1. The molecule has 0 radical (unpaired) electrons. The molecule has 1 aromatic carbocycles. The fourth-order valence-corrected chi connectivity index (χ4v) is 5.89. The first kappa shape index (κ1) is 23.1. The van der Waals surface area contributed by atoms with Gasteiger partial charge in [-0.15, -0.1) is 0 Å². The highest BCUT2D eigenvalue weighted by molar-refractivity contribution is 7.92. The fourth-order valence-electron chi connectivity index (χ4n) is 3.64. The van der Waals surface area contributed by atoms with Crippen molar-refractivity contribution in [3.05, 3.63) is 33.1 Å². The van der Waals surface area contributed by atoms with Crippen LogP contribution in [0.1, 0.15) is 26.7 Å². The van der Waals surface area contributed by atoms with E-state index in [1.807, 2.05) is 13.8 Å². The molecule has 0 spiro atoms. The van der Waals surface area contributed by atoms with E-state index < -0.39 is 38.1 Å². The molecule has 1 aliphatic rings. The van der Waals surface area contributed by atoms with E-state index in [9.17, 15) is 28.1 Å². The Balaban J connectivity index is 1.78. The summed E-state index contributed by atoms with van der Waals surface area (Å²) in [5.41, 5.74) is 0.588. The number of piperidine rings is 1. The van der Waals surface area contributed by atoms with E-state index in [1.54, 1.807) is 10.6 Å². The predicted molar refractivity (Wildman–Crippen MR) is 116 cm³/mol. The monoisotopic (exact) mass is 468 g/mol. The molecule has 0 N–H and O–H groups in total. The minimum absolute atomic E-state index is 0.0806. The van der Waals surface area contributed by atoms with Crippen LogP contribution in [0.25, 0.3) is 10.2 Å². The van der Waals surface area contributed by atoms with Crippen LogP contribution in [-0.4, -0.2) is 59.2 Å². The van der Waals surface area contributed by atoms with Gasteiger partial charge in [0.05, 0.1) is 15.1 Å². The van der Waals surface area contributed by atoms with E-state index in [0.717, 1.165) is 24.2 Å². The SMILES string of the molecule is CCn1c(=NC(=O)CS(=O)(=O)CC(=O)N2CCCC(C)C2)sc2cc([N+](=O)[O-])ccc21. The Kier molecular flexibility index (Phi) is 6.90. The lowest BCUT2D eigenvalue weighted by Gasteiger charge is -2.30. The molecule has 0 saturated carbocycles. The van der Waals surface area contributed by atoms with Crippen molar-refractivity contribution in [3.8, 4) is 0 Å². The molecule has 1 saturated heterocycles. The van der Waals surface area contributed by atoms with E-state index >= 15 is 0 Å². The van der Waals surface area contributed by atoms with Crippen LogP contribution in [-0.2, 0) is 26.0 Å². The number of rotatable bonds is 6. The zero-order valence-corrected chi connectivity index (χ0v) is 18.9. The van der Waals surface area contributed by atoms with Crippen LogP contribution in [0.15, 0.2) is 23.2 Å². The third kappa shape index (κ3) is 5.56. The Labute approximate surface area is 183 Å². The number of fused-ring (bicyclic) bond motifs is 1. The Morgan fingerprint density at radius 1 is 1.32 bits per heavy atom. The van der Waals surface area contributed by atoms with Gasteiger partial charge in [0.2, 0.25) is 5.91 Å². The van der Waals surface area contributed by atoms with Gasteiger partial charge in [-0.25, -0.2) is 8.42 Å². The minimum atomic E-state index is -3.96. The maximum Gasteiger partial charge on any atom is 0.270 e. The zero-order chi connectivity index (χ0) is 22.8. The van der Waals surface area contributed by atoms with Crippen LogP contribution < -0.4 is 4.80 Å². The number of aromatic nitrogens is 1. The number of amides is 2. The van der Waals surface area contributed by atoms with Gasteiger partial charge in [-0.05, 0) is 31.7 Å². The lowest BCUT2D eigenvalue weighted by Crippen LogP contribution is -2.42. The number of non-ortho nitro benzene ring substituents is 1. The normalized spacial score (nSPS) is 17.8. The summed E-state index contributed by atoms with van der Waals surface area (Å²) in [7, 11) is -3.96. The summed E-state index contributed by atoms with van der Waals surface area (Å²) in [5.74, 6) is -2.61. The molecular weight excluding hydrogens is 444 g/mol. The highest BCUT2D eigenvalue weighted by atomic mass is 32.2. The van der Waals surface area contributed by atoms with Crippen molar-refractivity contribution in [2.24, 2.45) is 10.9 Å². The highest BCUT2D eigenvalue weighted by Crippen LogP contribution is 2.23. The second-order valence-electron chi connectivity index (χ2n) is 7.66. The number of nitrogens with zero attached hydrogens (tertiary/aromatic N) is 4. The van der Waals surface area contributed by atoms with Crippen LogP contribution in [0.3, 0.4) is 0 Å². The van der Waals surface area contributed by atoms with Crippen LogP contribution in [0.4, 0.5) is 5.69 Å². The quantitative estimate of drug-likeness (QED) is 0.468. The van der Waals surface area contributed by atoms with E-state index in [-0.39, 0.29) is 10.5 Å². The maximum atomic E-state index is 12.4. The van der Waals surface area contributed by atoms with Crippen LogP contribution in [0.5, 0.6) is 0 Å². The molecule has 1 atom stereocenters. The summed E-state index contributed by atoms with van der Waals surface area (Å²) in [5, 5.41) is 11.0. The number of thiazole rings is 1. The molecule has 0 aliphatic carbocycles. The number of nitro groups is 1. The van der Waals surface area contributed by atoms with E-state index in [4.69, 9.17) is 0 Å².